The molecule has 0 N–H and O–H groups in total. The van der Waals surface area contributed by atoms with Crippen LogP contribution in [-0.4, -0.2) is 10.2 Å². The number of hydrogen-bond donors (Lipinski definition) is 0. The highest BCUT2D eigenvalue weighted by molar-refractivity contribution is 6.16. The third kappa shape index (κ3) is 1.99. The van der Waals surface area contributed by atoms with Crippen molar-refractivity contribution in [1.82, 2.24) is 0 Å². The number of rotatable bonds is 1. The van der Waals surface area contributed by atoms with Crippen LogP contribution in [0.5, 0.6) is 0 Å². The largest absolute Gasteiger partial charge is 0.109 e. The topological polar surface area (TPSA) is 0 Å². The van der Waals surface area contributed by atoms with Crippen molar-refractivity contribution >= 4 is 10.2 Å². The van der Waals surface area contributed by atoms with E-state index in [-0.39, 0.29) is 0 Å². The maximum atomic E-state index is 2.30. The summed E-state index contributed by atoms with van der Waals surface area (Å²) in [5.41, 5.74) is 3.65. The van der Waals surface area contributed by atoms with Crippen LogP contribution in [0.1, 0.15) is 13.3 Å². The van der Waals surface area contributed by atoms with E-state index in [4.69, 9.17) is 0 Å². The van der Waals surface area contributed by atoms with Crippen molar-refractivity contribution in [1.29, 1.82) is 0 Å². The van der Waals surface area contributed by atoms with Gasteiger partial charge in [-0.05, 0) is 19.3 Å². The Morgan fingerprint density at radius 3 is 3.00 bits per heavy atom. The maximum Gasteiger partial charge on any atom is 0.0287 e. The van der Waals surface area contributed by atoms with Gasteiger partial charge in [0, 0.05) is 10.2 Å². The van der Waals surface area contributed by atoms with Gasteiger partial charge in [-0.2, -0.15) is 0 Å². The lowest BCUT2D eigenvalue weighted by atomic mass is 9.98. The van der Waals surface area contributed by atoms with Gasteiger partial charge in [0.1, 0.15) is 0 Å². The van der Waals surface area contributed by atoms with Crippen molar-refractivity contribution < 1.29 is 0 Å². The lowest BCUT2D eigenvalue weighted by Gasteiger charge is -2.08. The first-order valence-corrected chi connectivity index (χ1v) is 4.96. The van der Waals surface area contributed by atoms with E-state index < -0.39 is 0 Å². The molecule has 54 valence electrons. The van der Waals surface area contributed by atoms with Crippen LogP contribution in [-0.2, 0) is 0 Å². The first-order valence-electron chi connectivity index (χ1n) is 3.80. The normalized spacial score (nSPS) is 25.7. The van der Waals surface area contributed by atoms with Gasteiger partial charge in [0.25, 0.3) is 0 Å². The molecule has 0 saturated heterocycles. The molecule has 0 heterocycles. The molecule has 0 aromatic heterocycles. The van der Waals surface area contributed by atoms with Crippen LogP contribution in [0.15, 0.2) is 35.6 Å². The average molecular weight is 150 g/mol. The zero-order chi connectivity index (χ0) is 7.40. The minimum atomic E-state index is 0.682. The summed E-state index contributed by atoms with van der Waals surface area (Å²) < 4.78 is 0. The molecule has 0 saturated carbocycles. The second-order valence-corrected chi connectivity index (χ2v) is 3.40. The van der Waals surface area contributed by atoms with Crippen molar-refractivity contribution in [2.75, 3.05) is 0 Å². The van der Waals surface area contributed by atoms with Gasteiger partial charge in [-0.15, -0.1) is 5.70 Å². The van der Waals surface area contributed by atoms with Gasteiger partial charge in [0.2, 0.25) is 0 Å². The fourth-order valence-corrected chi connectivity index (χ4v) is 1.63. The van der Waals surface area contributed by atoms with Gasteiger partial charge in [-0.3, -0.25) is 0 Å². The van der Waals surface area contributed by atoms with Gasteiger partial charge in [0.15, 0.2) is 0 Å². The van der Waals surface area contributed by atoms with Crippen LogP contribution >= 0.6 is 0 Å². The smallest absolute Gasteiger partial charge is 0.0287 e. The molecule has 0 radical (unpaired) electrons. The van der Waals surface area contributed by atoms with Gasteiger partial charge >= 0.3 is 0 Å². The third-order valence-corrected chi connectivity index (χ3v) is 2.14. The Kier molecular flexibility index (Phi) is 2.69. The van der Waals surface area contributed by atoms with Crippen molar-refractivity contribution in [2.24, 2.45) is 5.92 Å². The van der Waals surface area contributed by atoms with Gasteiger partial charge in [0.05, 0.1) is 0 Å². The molecule has 0 amide bonds. The van der Waals surface area contributed by atoms with Crippen LogP contribution in [0.25, 0.3) is 0 Å². The molecule has 1 atom stereocenters. The van der Waals surface area contributed by atoms with Crippen LogP contribution in [0.3, 0.4) is 0 Å². The maximum absolute atomic E-state index is 2.30. The molecule has 10 heavy (non-hydrogen) atoms. The quantitative estimate of drug-likeness (QED) is 0.496. The molecule has 0 bridgehead atoms. The molecule has 0 aromatic rings. The van der Waals surface area contributed by atoms with Gasteiger partial charge < -0.3 is 0 Å². The predicted octanol–water partition coefficient (Wildman–Crippen LogP) is 1.39. The summed E-state index contributed by atoms with van der Waals surface area (Å²) in [5, 5.41) is 0. The lowest BCUT2D eigenvalue weighted by molar-refractivity contribution is 0.815. The Bertz CT molecular complexity index is 187. The van der Waals surface area contributed by atoms with Crippen LogP contribution in [0.2, 0.25) is 0 Å². The van der Waals surface area contributed by atoms with Gasteiger partial charge in [-0.1, -0.05) is 29.9 Å². The fraction of sp³-hybridized carbons (Fsp3) is 0.333. The second kappa shape index (κ2) is 3.57. The summed E-state index contributed by atoms with van der Waals surface area (Å²) in [6.45, 7) is 2.15. The van der Waals surface area contributed by atoms with Crippen molar-refractivity contribution in [3.63, 3.8) is 0 Å². The average Bonchev–Trinajstić information content (AvgIpc) is 1.95. The second-order valence-electron chi connectivity index (χ2n) is 2.73. The zero-order valence-electron chi connectivity index (χ0n) is 6.67. The molecule has 0 aromatic carbocycles. The van der Waals surface area contributed by atoms with E-state index in [1.165, 1.54) is 22.2 Å². The van der Waals surface area contributed by atoms with E-state index in [1.54, 1.807) is 0 Å². The molecule has 0 aliphatic heterocycles. The van der Waals surface area contributed by atoms with Crippen LogP contribution < -0.4 is 0 Å². The Labute approximate surface area is 65.8 Å². The van der Waals surface area contributed by atoms with Crippen LogP contribution in [0, 0.1) is 5.92 Å². The summed E-state index contributed by atoms with van der Waals surface area (Å²) in [5.74, 6) is 0.682. The fourth-order valence-electron chi connectivity index (χ4n) is 1.13. The lowest BCUT2D eigenvalue weighted by Crippen LogP contribution is -1.94. The number of hydrogen-bond acceptors (Lipinski definition) is 0. The minimum absolute atomic E-state index is 0.682. The first kappa shape index (κ1) is 7.54. The Balaban J connectivity index is 2.52. The summed E-state index contributed by atoms with van der Waals surface area (Å²) in [7, 11) is 1.18. The van der Waals surface area contributed by atoms with Crippen molar-refractivity contribution in [3.05, 3.63) is 35.6 Å². The first-order chi connectivity index (χ1) is 4.83. The monoisotopic (exact) mass is 150 g/mol. The molecule has 0 fully saturated rings. The van der Waals surface area contributed by atoms with E-state index in [0.29, 0.717) is 5.92 Å². The molecular weight excluding hydrogens is 136 g/mol. The Morgan fingerprint density at radius 2 is 2.50 bits per heavy atom. The molecule has 1 aliphatic carbocycles. The van der Waals surface area contributed by atoms with Crippen molar-refractivity contribution in [3.8, 4) is 0 Å². The molecule has 1 aliphatic rings. The predicted molar refractivity (Wildman–Crippen MR) is 50.1 cm³/mol. The SMILES string of the molecule is CC1=CCC(C=C[SiH3])C=C1. The van der Waals surface area contributed by atoms with E-state index in [0.717, 1.165) is 0 Å². The van der Waals surface area contributed by atoms with Crippen LogP contribution in [0.4, 0.5) is 0 Å². The molecule has 1 heteroatoms. The molecule has 0 nitrogen and oxygen atoms in total. The summed E-state index contributed by atoms with van der Waals surface area (Å²) >= 11 is 0. The zero-order valence-corrected chi connectivity index (χ0v) is 8.67. The molecule has 1 rings (SSSR count). The Morgan fingerprint density at radius 1 is 1.70 bits per heavy atom. The molecule has 0 spiro atoms. The highest BCUT2D eigenvalue weighted by atomic mass is 28.1. The van der Waals surface area contributed by atoms with E-state index >= 15 is 0 Å². The van der Waals surface area contributed by atoms with E-state index in [2.05, 4.69) is 36.9 Å². The highest BCUT2D eigenvalue weighted by Gasteiger charge is 2.00. The summed E-state index contributed by atoms with van der Waals surface area (Å²) in [6, 6.07) is 0. The summed E-state index contributed by atoms with van der Waals surface area (Å²) in [4.78, 5) is 0. The highest BCUT2D eigenvalue weighted by Crippen LogP contribution is 2.16. The summed E-state index contributed by atoms with van der Waals surface area (Å²) in [6.07, 6.45) is 10.3. The standard InChI is InChI=1S/C9H14Si/c1-8-2-4-9(5-3-8)6-7-10/h2-4,6-7,9H,5H2,1,10H3. The molecular formula is C9H14Si. The molecule has 1 unspecified atom stereocenters. The third-order valence-electron chi connectivity index (χ3n) is 1.76. The van der Waals surface area contributed by atoms with Gasteiger partial charge in [-0.25, -0.2) is 0 Å². The Hall–Kier alpha value is -0.563. The number of allylic oxidation sites excluding steroid dienone is 5. The van der Waals surface area contributed by atoms with Crippen molar-refractivity contribution in [2.45, 2.75) is 13.3 Å². The van der Waals surface area contributed by atoms with E-state index in [9.17, 15) is 0 Å². The van der Waals surface area contributed by atoms with E-state index in [1.807, 2.05) is 0 Å². The minimum Gasteiger partial charge on any atom is -0.109 e.